The molecule has 3 aromatic rings. The molecule has 0 bridgehead atoms. The third-order valence-electron chi connectivity index (χ3n) is 4.75. The predicted octanol–water partition coefficient (Wildman–Crippen LogP) is 3.03. The van der Waals surface area contributed by atoms with E-state index in [4.69, 9.17) is 5.73 Å². The number of nitrogens with two attached hydrogens (primary N) is 1. The van der Waals surface area contributed by atoms with E-state index in [1.807, 2.05) is 24.3 Å². The Bertz CT molecular complexity index is 896. The Labute approximate surface area is 153 Å². The summed E-state index contributed by atoms with van der Waals surface area (Å²) in [5.41, 5.74) is 10.7. The number of nitrogens with one attached hydrogen (secondary N) is 1. The third kappa shape index (κ3) is 3.11. The second kappa shape index (κ2) is 7.09. The number of aromatic nitrogens is 3. The fraction of sp³-hybridized carbons (Fsp3) is 0.250. The second-order valence-electron chi connectivity index (χ2n) is 6.52. The van der Waals surface area contributed by atoms with Crippen LogP contribution in [0.3, 0.4) is 0 Å². The van der Waals surface area contributed by atoms with Crippen molar-refractivity contribution in [2.75, 3.05) is 10.2 Å². The van der Waals surface area contributed by atoms with Crippen LogP contribution in [0.15, 0.2) is 54.7 Å². The Morgan fingerprint density at radius 2 is 2.00 bits per heavy atom. The van der Waals surface area contributed by atoms with Crippen LogP contribution in [0.5, 0.6) is 0 Å². The number of nitrogens with zero attached hydrogens (tertiary/aromatic N) is 4. The molecule has 6 heteroatoms. The number of hydrogen-bond acceptors (Lipinski definition) is 6. The van der Waals surface area contributed by atoms with Crippen LogP contribution in [0.25, 0.3) is 0 Å². The van der Waals surface area contributed by atoms with Gasteiger partial charge in [0, 0.05) is 24.8 Å². The van der Waals surface area contributed by atoms with E-state index in [0.29, 0.717) is 19.0 Å². The molecule has 1 aromatic heterocycles. The maximum atomic E-state index is 5.90. The van der Waals surface area contributed by atoms with Crippen molar-refractivity contribution >= 4 is 17.5 Å². The van der Waals surface area contributed by atoms with Gasteiger partial charge in [0.15, 0.2) is 5.82 Å². The van der Waals surface area contributed by atoms with Crippen molar-refractivity contribution in [2.24, 2.45) is 5.73 Å². The zero-order chi connectivity index (χ0) is 17.9. The summed E-state index contributed by atoms with van der Waals surface area (Å²) in [4.78, 5) is 6.83. The van der Waals surface area contributed by atoms with E-state index in [-0.39, 0.29) is 6.04 Å². The molecule has 0 saturated heterocycles. The van der Waals surface area contributed by atoms with E-state index in [0.717, 1.165) is 17.9 Å². The minimum Gasteiger partial charge on any atom is -0.365 e. The van der Waals surface area contributed by atoms with E-state index in [9.17, 15) is 0 Å². The molecule has 0 radical (unpaired) electrons. The Balaban J connectivity index is 1.59. The summed E-state index contributed by atoms with van der Waals surface area (Å²) in [7, 11) is 0. The molecule has 0 saturated carbocycles. The normalized spacial score (nSPS) is 15.8. The standard InChI is InChI=1S/C20H22N6/c1-14-10-17-16(11-21)8-5-9-18(17)26(14)20-24-19(13-23-25-20)22-12-15-6-3-2-4-7-15/h2-9,13-14H,10-12,21H2,1H3,(H,22,24,25). The van der Waals surface area contributed by atoms with Crippen LogP contribution in [0.4, 0.5) is 17.5 Å². The minimum absolute atomic E-state index is 0.267. The highest BCUT2D eigenvalue weighted by Crippen LogP contribution is 2.38. The van der Waals surface area contributed by atoms with Crippen LogP contribution < -0.4 is 16.0 Å². The topological polar surface area (TPSA) is 80.0 Å². The van der Waals surface area contributed by atoms with Crippen LogP contribution in [-0.4, -0.2) is 21.2 Å². The summed E-state index contributed by atoms with van der Waals surface area (Å²) in [6, 6.07) is 16.7. The molecule has 1 unspecified atom stereocenters. The zero-order valence-electron chi connectivity index (χ0n) is 14.8. The van der Waals surface area contributed by atoms with Gasteiger partial charge in [-0.1, -0.05) is 42.5 Å². The molecule has 1 atom stereocenters. The molecule has 1 aliphatic rings. The molecule has 1 aliphatic heterocycles. The summed E-state index contributed by atoms with van der Waals surface area (Å²) in [5, 5.41) is 11.8. The highest BCUT2D eigenvalue weighted by molar-refractivity contribution is 5.69. The monoisotopic (exact) mass is 346 g/mol. The molecule has 132 valence electrons. The Kier molecular flexibility index (Phi) is 4.50. The first kappa shape index (κ1) is 16.5. The maximum Gasteiger partial charge on any atom is 0.252 e. The van der Waals surface area contributed by atoms with E-state index in [2.05, 4.69) is 56.6 Å². The van der Waals surface area contributed by atoms with Crippen molar-refractivity contribution in [1.82, 2.24) is 15.2 Å². The van der Waals surface area contributed by atoms with E-state index in [1.165, 1.54) is 16.7 Å². The molecule has 2 aromatic carbocycles. The lowest BCUT2D eigenvalue weighted by molar-refractivity contribution is 0.727. The van der Waals surface area contributed by atoms with Gasteiger partial charge in [-0.15, -0.1) is 5.10 Å². The molecule has 0 spiro atoms. The van der Waals surface area contributed by atoms with Gasteiger partial charge in [-0.3, -0.25) is 0 Å². The Morgan fingerprint density at radius 3 is 2.81 bits per heavy atom. The first-order chi connectivity index (χ1) is 12.8. The number of hydrogen-bond donors (Lipinski definition) is 2. The summed E-state index contributed by atoms with van der Waals surface area (Å²) < 4.78 is 0. The number of fused-ring (bicyclic) bond motifs is 1. The lowest BCUT2D eigenvalue weighted by atomic mass is 10.0. The van der Waals surface area contributed by atoms with Crippen LogP contribution in [-0.2, 0) is 19.5 Å². The molecule has 0 fully saturated rings. The molecule has 4 rings (SSSR count). The first-order valence-electron chi connectivity index (χ1n) is 8.84. The molecular formula is C20H22N6. The molecule has 26 heavy (non-hydrogen) atoms. The van der Waals surface area contributed by atoms with Gasteiger partial charge in [0.25, 0.3) is 5.95 Å². The van der Waals surface area contributed by atoms with Gasteiger partial charge in [-0.2, -0.15) is 10.1 Å². The predicted molar refractivity (Wildman–Crippen MR) is 103 cm³/mol. The van der Waals surface area contributed by atoms with Crippen LogP contribution in [0, 0.1) is 0 Å². The van der Waals surface area contributed by atoms with Crippen molar-refractivity contribution in [2.45, 2.75) is 32.5 Å². The quantitative estimate of drug-likeness (QED) is 0.739. The summed E-state index contributed by atoms with van der Waals surface area (Å²) in [6.07, 6.45) is 2.60. The molecule has 0 amide bonds. The average Bonchev–Trinajstić information content (AvgIpc) is 3.03. The first-order valence-corrected chi connectivity index (χ1v) is 8.84. The van der Waals surface area contributed by atoms with Crippen molar-refractivity contribution in [3.63, 3.8) is 0 Å². The number of rotatable bonds is 5. The SMILES string of the molecule is CC1Cc2c(CN)cccc2N1c1nncc(NCc2ccccc2)n1. The van der Waals surface area contributed by atoms with Gasteiger partial charge >= 0.3 is 0 Å². The Hall–Kier alpha value is -2.99. The fourth-order valence-electron chi connectivity index (χ4n) is 3.47. The summed E-state index contributed by atoms with van der Waals surface area (Å²) >= 11 is 0. The highest BCUT2D eigenvalue weighted by atomic mass is 15.4. The van der Waals surface area contributed by atoms with Gasteiger partial charge in [-0.05, 0) is 36.1 Å². The molecule has 2 heterocycles. The fourth-order valence-corrected chi connectivity index (χ4v) is 3.47. The Morgan fingerprint density at radius 1 is 1.15 bits per heavy atom. The van der Waals surface area contributed by atoms with Crippen molar-refractivity contribution in [1.29, 1.82) is 0 Å². The lowest BCUT2D eigenvalue weighted by Crippen LogP contribution is -2.26. The largest absolute Gasteiger partial charge is 0.365 e. The molecule has 0 aliphatic carbocycles. The summed E-state index contributed by atoms with van der Waals surface area (Å²) in [5.74, 6) is 1.33. The number of anilines is 3. The van der Waals surface area contributed by atoms with Gasteiger partial charge in [0.1, 0.15) is 0 Å². The molecule has 6 nitrogen and oxygen atoms in total. The van der Waals surface area contributed by atoms with Crippen LogP contribution in [0.1, 0.15) is 23.6 Å². The van der Waals surface area contributed by atoms with Crippen LogP contribution >= 0.6 is 0 Å². The molecule has 3 N–H and O–H groups in total. The van der Waals surface area contributed by atoms with Crippen molar-refractivity contribution < 1.29 is 0 Å². The van der Waals surface area contributed by atoms with Gasteiger partial charge in [-0.25, -0.2) is 0 Å². The number of benzene rings is 2. The summed E-state index contributed by atoms with van der Waals surface area (Å²) in [6.45, 7) is 3.41. The zero-order valence-corrected chi connectivity index (χ0v) is 14.8. The minimum atomic E-state index is 0.267. The van der Waals surface area contributed by atoms with E-state index in [1.54, 1.807) is 6.20 Å². The maximum absolute atomic E-state index is 5.90. The van der Waals surface area contributed by atoms with Crippen molar-refractivity contribution in [3.05, 3.63) is 71.4 Å². The van der Waals surface area contributed by atoms with Gasteiger partial charge in [0.05, 0.1) is 6.20 Å². The van der Waals surface area contributed by atoms with Gasteiger partial charge in [0.2, 0.25) is 0 Å². The van der Waals surface area contributed by atoms with Gasteiger partial charge < -0.3 is 16.0 Å². The smallest absolute Gasteiger partial charge is 0.252 e. The average molecular weight is 346 g/mol. The van der Waals surface area contributed by atoms with E-state index < -0.39 is 0 Å². The van der Waals surface area contributed by atoms with Crippen LogP contribution in [0.2, 0.25) is 0 Å². The molecular weight excluding hydrogens is 324 g/mol. The lowest BCUT2D eigenvalue weighted by Gasteiger charge is -2.22. The second-order valence-corrected chi connectivity index (χ2v) is 6.52. The van der Waals surface area contributed by atoms with Crippen molar-refractivity contribution in [3.8, 4) is 0 Å². The highest BCUT2D eigenvalue weighted by Gasteiger charge is 2.30. The van der Waals surface area contributed by atoms with E-state index >= 15 is 0 Å². The third-order valence-corrected chi connectivity index (χ3v) is 4.75.